The van der Waals surface area contributed by atoms with Gasteiger partial charge in [0.15, 0.2) is 0 Å². The molecule has 18 heavy (non-hydrogen) atoms. The Labute approximate surface area is 126 Å². The SMILES string of the molecule is COc1nc(Oc2ccc(Cl)cc2Br)ncc1Br. The third kappa shape index (κ3) is 3.13. The second-order valence-corrected chi connectivity index (χ2v) is 5.33. The van der Waals surface area contributed by atoms with Crippen molar-refractivity contribution < 1.29 is 9.47 Å². The van der Waals surface area contributed by atoms with Gasteiger partial charge in [0.25, 0.3) is 0 Å². The summed E-state index contributed by atoms with van der Waals surface area (Å²) in [7, 11) is 1.52. The molecule has 1 heterocycles. The summed E-state index contributed by atoms with van der Waals surface area (Å²) < 4.78 is 12.0. The minimum Gasteiger partial charge on any atom is -0.480 e. The van der Waals surface area contributed by atoms with Gasteiger partial charge in [-0.2, -0.15) is 4.98 Å². The standard InChI is InChI=1S/C11H7Br2ClN2O2/c1-17-10-8(13)5-15-11(16-10)18-9-3-2-6(14)4-7(9)12/h2-5H,1H3. The van der Waals surface area contributed by atoms with Gasteiger partial charge in [-0.25, -0.2) is 4.98 Å². The molecule has 0 amide bonds. The van der Waals surface area contributed by atoms with Crippen molar-refractivity contribution in [2.75, 3.05) is 7.11 Å². The number of ether oxygens (including phenoxy) is 2. The van der Waals surface area contributed by atoms with Gasteiger partial charge in [0, 0.05) is 5.02 Å². The molecule has 0 unspecified atom stereocenters. The van der Waals surface area contributed by atoms with Crippen molar-refractivity contribution in [3.05, 3.63) is 38.4 Å². The van der Waals surface area contributed by atoms with E-state index in [2.05, 4.69) is 41.8 Å². The van der Waals surface area contributed by atoms with Gasteiger partial charge >= 0.3 is 6.01 Å². The van der Waals surface area contributed by atoms with Crippen LogP contribution in [0.15, 0.2) is 33.3 Å². The van der Waals surface area contributed by atoms with Crippen molar-refractivity contribution in [3.63, 3.8) is 0 Å². The zero-order valence-electron chi connectivity index (χ0n) is 9.15. The van der Waals surface area contributed by atoms with E-state index in [4.69, 9.17) is 21.1 Å². The van der Waals surface area contributed by atoms with Crippen LogP contribution in [0.1, 0.15) is 0 Å². The van der Waals surface area contributed by atoms with Gasteiger partial charge < -0.3 is 9.47 Å². The highest BCUT2D eigenvalue weighted by atomic mass is 79.9. The van der Waals surface area contributed by atoms with Crippen LogP contribution in [-0.2, 0) is 0 Å². The molecule has 0 saturated heterocycles. The average Bonchev–Trinajstić information content (AvgIpc) is 2.35. The van der Waals surface area contributed by atoms with Crippen molar-refractivity contribution in [2.45, 2.75) is 0 Å². The summed E-state index contributed by atoms with van der Waals surface area (Å²) >= 11 is 12.5. The van der Waals surface area contributed by atoms with Crippen LogP contribution in [0, 0.1) is 0 Å². The van der Waals surface area contributed by atoms with E-state index in [1.165, 1.54) is 7.11 Å². The number of aromatic nitrogens is 2. The van der Waals surface area contributed by atoms with Crippen LogP contribution >= 0.6 is 43.5 Å². The normalized spacial score (nSPS) is 10.2. The second-order valence-electron chi connectivity index (χ2n) is 3.19. The molecule has 0 atom stereocenters. The summed E-state index contributed by atoms with van der Waals surface area (Å²) in [5, 5.41) is 0.614. The number of hydrogen-bond donors (Lipinski definition) is 0. The number of benzene rings is 1. The monoisotopic (exact) mass is 392 g/mol. The van der Waals surface area contributed by atoms with E-state index < -0.39 is 0 Å². The predicted molar refractivity (Wildman–Crippen MR) is 75.5 cm³/mol. The van der Waals surface area contributed by atoms with Crippen LogP contribution in [-0.4, -0.2) is 17.1 Å². The maximum Gasteiger partial charge on any atom is 0.325 e. The Bertz CT molecular complexity index is 581. The maximum atomic E-state index is 5.85. The molecule has 1 aromatic heterocycles. The van der Waals surface area contributed by atoms with Gasteiger partial charge in [-0.1, -0.05) is 11.6 Å². The number of nitrogens with zero attached hydrogens (tertiary/aromatic N) is 2. The van der Waals surface area contributed by atoms with E-state index in [9.17, 15) is 0 Å². The molecule has 2 aromatic rings. The van der Waals surface area contributed by atoms with E-state index in [0.717, 1.165) is 4.47 Å². The fourth-order valence-electron chi connectivity index (χ4n) is 1.18. The minimum atomic E-state index is 0.193. The largest absolute Gasteiger partial charge is 0.480 e. The van der Waals surface area contributed by atoms with E-state index in [1.54, 1.807) is 24.4 Å². The Morgan fingerprint density at radius 1 is 1.22 bits per heavy atom. The number of methoxy groups -OCH3 is 1. The van der Waals surface area contributed by atoms with Crippen molar-refractivity contribution in [2.24, 2.45) is 0 Å². The lowest BCUT2D eigenvalue weighted by atomic mass is 10.3. The second kappa shape index (κ2) is 5.86. The first kappa shape index (κ1) is 13.6. The summed E-state index contributed by atoms with van der Waals surface area (Å²) in [6, 6.07) is 5.37. The first-order chi connectivity index (χ1) is 8.60. The summed E-state index contributed by atoms with van der Waals surface area (Å²) in [5.41, 5.74) is 0. The van der Waals surface area contributed by atoms with Gasteiger partial charge in [0.2, 0.25) is 5.88 Å². The molecule has 0 aliphatic carbocycles. The molecule has 0 radical (unpaired) electrons. The molecule has 4 nitrogen and oxygen atoms in total. The van der Waals surface area contributed by atoms with Crippen molar-refractivity contribution in [1.29, 1.82) is 0 Å². The van der Waals surface area contributed by atoms with Gasteiger partial charge in [0.05, 0.1) is 22.3 Å². The van der Waals surface area contributed by atoms with E-state index in [0.29, 0.717) is 21.1 Å². The van der Waals surface area contributed by atoms with Crippen LogP contribution in [0.4, 0.5) is 0 Å². The van der Waals surface area contributed by atoms with Crippen LogP contribution in [0.2, 0.25) is 5.02 Å². The fourth-order valence-corrected chi connectivity index (χ4v) is 2.30. The molecule has 1 aromatic carbocycles. The quantitative estimate of drug-likeness (QED) is 0.771. The lowest BCUT2D eigenvalue weighted by Crippen LogP contribution is -1.96. The molecule has 0 aliphatic heterocycles. The number of halogens is 3. The Hall–Kier alpha value is -0.850. The van der Waals surface area contributed by atoms with Gasteiger partial charge in [-0.3, -0.25) is 0 Å². The zero-order chi connectivity index (χ0) is 13.1. The van der Waals surface area contributed by atoms with Gasteiger partial charge in [0.1, 0.15) is 5.75 Å². The molecular formula is C11H7Br2ClN2O2. The Morgan fingerprint density at radius 3 is 2.67 bits per heavy atom. The number of hydrogen-bond acceptors (Lipinski definition) is 4. The van der Waals surface area contributed by atoms with Crippen LogP contribution in [0.5, 0.6) is 17.6 Å². The molecule has 0 saturated carbocycles. The molecule has 0 fully saturated rings. The third-order valence-electron chi connectivity index (χ3n) is 1.98. The van der Waals surface area contributed by atoms with Gasteiger partial charge in [-0.15, -0.1) is 0 Å². The first-order valence-corrected chi connectivity index (χ1v) is 6.76. The minimum absolute atomic E-state index is 0.193. The van der Waals surface area contributed by atoms with Crippen molar-refractivity contribution in [3.8, 4) is 17.6 Å². The zero-order valence-corrected chi connectivity index (χ0v) is 13.1. The molecule has 0 bridgehead atoms. The third-order valence-corrected chi connectivity index (χ3v) is 3.38. The highest BCUT2D eigenvalue weighted by molar-refractivity contribution is 9.10. The number of rotatable bonds is 3. The van der Waals surface area contributed by atoms with E-state index >= 15 is 0 Å². The smallest absolute Gasteiger partial charge is 0.325 e. The fraction of sp³-hybridized carbons (Fsp3) is 0.0909. The molecule has 7 heteroatoms. The van der Waals surface area contributed by atoms with Crippen molar-refractivity contribution >= 4 is 43.5 Å². The predicted octanol–water partition coefficient (Wildman–Crippen LogP) is 4.46. The first-order valence-electron chi connectivity index (χ1n) is 4.79. The Balaban J connectivity index is 2.28. The summed E-state index contributed by atoms with van der Waals surface area (Å²) in [6.07, 6.45) is 1.56. The van der Waals surface area contributed by atoms with Crippen LogP contribution in [0.3, 0.4) is 0 Å². The highest BCUT2D eigenvalue weighted by Crippen LogP contribution is 2.32. The molecule has 0 aliphatic rings. The summed E-state index contributed by atoms with van der Waals surface area (Å²) in [6.45, 7) is 0. The molecule has 94 valence electrons. The van der Waals surface area contributed by atoms with Gasteiger partial charge in [-0.05, 0) is 50.1 Å². The molecule has 0 spiro atoms. The Morgan fingerprint density at radius 2 is 2.00 bits per heavy atom. The summed E-state index contributed by atoms with van der Waals surface area (Å²) in [5.74, 6) is 0.980. The van der Waals surface area contributed by atoms with Crippen LogP contribution in [0.25, 0.3) is 0 Å². The molecule has 2 rings (SSSR count). The van der Waals surface area contributed by atoms with E-state index in [1.807, 2.05) is 0 Å². The summed E-state index contributed by atoms with van der Waals surface area (Å²) in [4.78, 5) is 8.13. The lowest BCUT2D eigenvalue weighted by molar-refractivity contribution is 0.373. The lowest BCUT2D eigenvalue weighted by Gasteiger charge is -2.07. The Kier molecular flexibility index (Phi) is 4.42. The highest BCUT2D eigenvalue weighted by Gasteiger charge is 2.09. The maximum absolute atomic E-state index is 5.85. The average molecular weight is 394 g/mol. The molecular weight excluding hydrogens is 387 g/mol. The van der Waals surface area contributed by atoms with Crippen LogP contribution < -0.4 is 9.47 Å². The van der Waals surface area contributed by atoms with Crippen molar-refractivity contribution in [1.82, 2.24) is 9.97 Å². The molecule has 0 N–H and O–H groups in total. The van der Waals surface area contributed by atoms with E-state index in [-0.39, 0.29) is 6.01 Å². The topological polar surface area (TPSA) is 44.2 Å².